The molecule has 116 valence electrons. The zero-order valence-corrected chi connectivity index (χ0v) is 10.6. The van der Waals surface area contributed by atoms with Crippen molar-refractivity contribution in [2.45, 2.75) is 50.0 Å². The summed E-state index contributed by atoms with van der Waals surface area (Å²) in [5.41, 5.74) is 0. The summed E-state index contributed by atoms with van der Waals surface area (Å²) in [5.74, 6) is -2.70. The molecule has 0 unspecified atom stereocenters. The van der Waals surface area contributed by atoms with E-state index in [2.05, 4.69) is 10.6 Å². The van der Waals surface area contributed by atoms with E-state index in [1.807, 2.05) is 0 Å². The summed E-state index contributed by atoms with van der Waals surface area (Å²) < 4.78 is 31.7. The van der Waals surface area contributed by atoms with Crippen molar-refractivity contribution in [1.82, 2.24) is 10.6 Å². The fourth-order valence-electron chi connectivity index (χ4n) is 1.77. The number of carboxylic acid groups (broad SMARTS) is 1. The molecule has 6 nitrogen and oxygen atoms in total. The van der Waals surface area contributed by atoms with Crippen LogP contribution >= 0.6 is 0 Å². The Bertz CT molecular complexity index is 358. The number of aliphatic hydroxyl groups is 1. The van der Waals surface area contributed by atoms with Crippen molar-refractivity contribution in [1.29, 1.82) is 0 Å². The molecular formula is C11H17F3N2O4. The number of alkyl halides is 3. The molecule has 1 heterocycles. The van der Waals surface area contributed by atoms with E-state index in [0.29, 0.717) is 19.0 Å². The maximum absolute atomic E-state index is 11.5. The number of rotatable bonds is 2. The van der Waals surface area contributed by atoms with Crippen LogP contribution in [0.1, 0.15) is 25.7 Å². The van der Waals surface area contributed by atoms with Crippen molar-refractivity contribution in [2.24, 2.45) is 0 Å². The highest BCUT2D eigenvalue weighted by molar-refractivity contribution is 5.82. The number of hydrogen-bond acceptors (Lipinski definition) is 4. The molecule has 1 amide bonds. The highest BCUT2D eigenvalue weighted by atomic mass is 19.4. The standard InChI is InChI=1S/C9H16N2O2.C2HF3O2/c12-7-4-8(10-5-7)9(13)11-6-2-1-3-6;3-2(4,5)1(6)7/h6-8,10,12H,1-5H2,(H,11,13);(H,6,7)/t7-,8-;/m0./s1. The lowest BCUT2D eigenvalue weighted by atomic mass is 9.93. The SMILES string of the molecule is O=C(NC1CCC1)[C@@H]1C[C@H](O)CN1.O=C(O)C(F)(F)F. The highest BCUT2D eigenvalue weighted by Crippen LogP contribution is 2.18. The van der Waals surface area contributed by atoms with E-state index in [4.69, 9.17) is 9.90 Å². The lowest BCUT2D eigenvalue weighted by Crippen LogP contribution is -2.47. The Morgan fingerprint density at radius 1 is 1.25 bits per heavy atom. The number of halogens is 3. The molecule has 0 aromatic rings. The first-order chi connectivity index (χ1) is 9.20. The molecule has 0 radical (unpaired) electrons. The third-order valence-electron chi connectivity index (χ3n) is 3.12. The Morgan fingerprint density at radius 2 is 1.80 bits per heavy atom. The van der Waals surface area contributed by atoms with Crippen LogP contribution in [-0.4, -0.2) is 53.0 Å². The maximum atomic E-state index is 11.5. The van der Waals surface area contributed by atoms with Gasteiger partial charge < -0.3 is 20.8 Å². The fourth-order valence-corrected chi connectivity index (χ4v) is 1.77. The second kappa shape index (κ2) is 6.89. The molecule has 1 aliphatic carbocycles. The predicted molar refractivity (Wildman–Crippen MR) is 61.9 cm³/mol. The van der Waals surface area contributed by atoms with Crippen molar-refractivity contribution < 1.29 is 33.0 Å². The second-order valence-electron chi connectivity index (χ2n) is 4.79. The van der Waals surface area contributed by atoms with Crippen LogP contribution in [0, 0.1) is 0 Å². The average Bonchev–Trinajstić information content (AvgIpc) is 2.69. The average molecular weight is 298 g/mol. The van der Waals surface area contributed by atoms with Crippen LogP contribution in [0.25, 0.3) is 0 Å². The van der Waals surface area contributed by atoms with Crippen molar-refractivity contribution >= 4 is 11.9 Å². The molecule has 2 atom stereocenters. The van der Waals surface area contributed by atoms with Gasteiger partial charge in [0.25, 0.3) is 0 Å². The molecule has 0 aromatic carbocycles. The van der Waals surface area contributed by atoms with Crippen LogP contribution in [0.3, 0.4) is 0 Å². The molecule has 0 bridgehead atoms. The quantitative estimate of drug-likeness (QED) is 0.576. The lowest BCUT2D eigenvalue weighted by Gasteiger charge is -2.27. The Hall–Kier alpha value is -1.35. The van der Waals surface area contributed by atoms with Gasteiger partial charge in [-0.05, 0) is 25.7 Å². The van der Waals surface area contributed by atoms with Gasteiger partial charge in [-0.1, -0.05) is 0 Å². The largest absolute Gasteiger partial charge is 0.490 e. The van der Waals surface area contributed by atoms with Crippen molar-refractivity contribution in [3.63, 3.8) is 0 Å². The summed E-state index contributed by atoms with van der Waals surface area (Å²) in [6, 6.07) is 0.225. The third kappa shape index (κ3) is 5.33. The number of carbonyl (C=O) groups excluding carboxylic acids is 1. The summed E-state index contributed by atoms with van der Waals surface area (Å²) in [5, 5.41) is 22.3. The molecular weight excluding hydrogens is 281 g/mol. The van der Waals surface area contributed by atoms with Crippen molar-refractivity contribution in [3.8, 4) is 0 Å². The van der Waals surface area contributed by atoms with Gasteiger partial charge in [0.15, 0.2) is 0 Å². The Balaban J connectivity index is 0.000000246. The minimum atomic E-state index is -5.08. The van der Waals surface area contributed by atoms with Crippen LogP contribution in [0.15, 0.2) is 0 Å². The molecule has 1 saturated heterocycles. The van der Waals surface area contributed by atoms with E-state index in [9.17, 15) is 23.1 Å². The summed E-state index contributed by atoms with van der Waals surface area (Å²) in [6.07, 6.45) is -1.43. The van der Waals surface area contributed by atoms with Gasteiger partial charge in [-0.15, -0.1) is 0 Å². The van der Waals surface area contributed by atoms with E-state index in [1.165, 1.54) is 6.42 Å². The van der Waals surface area contributed by atoms with Gasteiger partial charge in [-0.2, -0.15) is 13.2 Å². The van der Waals surface area contributed by atoms with Crippen LogP contribution in [-0.2, 0) is 9.59 Å². The Morgan fingerprint density at radius 3 is 2.10 bits per heavy atom. The number of amides is 1. The number of β-amino-alcohol motifs (C(OH)–C–C–N with tert-alkyl or cyclic N) is 1. The Labute approximate surface area is 113 Å². The number of carboxylic acids is 1. The van der Waals surface area contributed by atoms with Crippen molar-refractivity contribution in [2.75, 3.05) is 6.54 Å². The number of carbonyl (C=O) groups is 2. The normalized spacial score (nSPS) is 26.2. The van der Waals surface area contributed by atoms with E-state index >= 15 is 0 Å². The smallest absolute Gasteiger partial charge is 0.475 e. The zero-order valence-electron chi connectivity index (χ0n) is 10.6. The highest BCUT2D eigenvalue weighted by Gasteiger charge is 2.38. The molecule has 9 heteroatoms. The number of aliphatic hydroxyl groups excluding tert-OH is 1. The molecule has 20 heavy (non-hydrogen) atoms. The topological polar surface area (TPSA) is 98.7 Å². The summed E-state index contributed by atoms with van der Waals surface area (Å²) in [4.78, 5) is 20.4. The van der Waals surface area contributed by atoms with E-state index in [0.717, 1.165) is 12.8 Å². The molecule has 4 N–H and O–H groups in total. The van der Waals surface area contributed by atoms with Gasteiger partial charge >= 0.3 is 12.1 Å². The molecule has 2 rings (SSSR count). The minimum absolute atomic E-state index is 0.0567. The lowest BCUT2D eigenvalue weighted by molar-refractivity contribution is -0.192. The van der Waals surface area contributed by atoms with E-state index in [-0.39, 0.29) is 18.1 Å². The van der Waals surface area contributed by atoms with Crippen molar-refractivity contribution in [3.05, 3.63) is 0 Å². The second-order valence-corrected chi connectivity index (χ2v) is 4.79. The van der Waals surface area contributed by atoms with Crippen LogP contribution in [0.2, 0.25) is 0 Å². The zero-order chi connectivity index (χ0) is 15.3. The predicted octanol–water partition coefficient (Wildman–Crippen LogP) is 0.0112. The minimum Gasteiger partial charge on any atom is -0.475 e. The summed E-state index contributed by atoms with van der Waals surface area (Å²) in [6.45, 7) is 0.544. The van der Waals surface area contributed by atoms with Crippen LogP contribution in [0.5, 0.6) is 0 Å². The fraction of sp³-hybridized carbons (Fsp3) is 0.818. The molecule has 2 fully saturated rings. The van der Waals surface area contributed by atoms with E-state index < -0.39 is 12.1 Å². The number of aliphatic carboxylic acids is 1. The van der Waals surface area contributed by atoms with Gasteiger partial charge in [0, 0.05) is 12.6 Å². The molecule has 0 spiro atoms. The van der Waals surface area contributed by atoms with Crippen LogP contribution < -0.4 is 10.6 Å². The molecule has 1 aliphatic heterocycles. The van der Waals surface area contributed by atoms with E-state index in [1.54, 1.807) is 0 Å². The van der Waals surface area contributed by atoms with Crippen LogP contribution in [0.4, 0.5) is 13.2 Å². The maximum Gasteiger partial charge on any atom is 0.490 e. The number of hydrogen-bond donors (Lipinski definition) is 4. The first-order valence-corrected chi connectivity index (χ1v) is 6.22. The monoisotopic (exact) mass is 298 g/mol. The first kappa shape index (κ1) is 16.7. The number of nitrogens with one attached hydrogen (secondary N) is 2. The van der Waals surface area contributed by atoms with Gasteiger partial charge in [-0.25, -0.2) is 4.79 Å². The molecule has 1 saturated carbocycles. The summed E-state index contributed by atoms with van der Waals surface area (Å²) in [7, 11) is 0. The molecule has 0 aromatic heterocycles. The first-order valence-electron chi connectivity index (χ1n) is 6.22. The summed E-state index contributed by atoms with van der Waals surface area (Å²) >= 11 is 0. The van der Waals surface area contributed by atoms with Gasteiger partial charge in [0.2, 0.25) is 5.91 Å². The third-order valence-corrected chi connectivity index (χ3v) is 3.12. The van der Waals surface area contributed by atoms with Gasteiger partial charge in [-0.3, -0.25) is 4.79 Å². The molecule has 2 aliphatic rings. The Kier molecular flexibility index (Phi) is 5.75. The van der Waals surface area contributed by atoms with Gasteiger partial charge in [0.1, 0.15) is 0 Å². The van der Waals surface area contributed by atoms with Gasteiger partial charge in [0.05, 0.1) is 12.1 Å².